The molecular formula is C23H20BrN5O4. The normalized spacial score (nSPS) is 10.6. The van der Waals surface area contributed by atoms with Gasteiger partial charge in [0.15, 0.2) is 0 Å². The second kappa shape index (κ2) is 11.6. The highest BCUT2D eigenvalue weighted by atomic mass is 79.9. The Balaban J connectivity index is 1.78. The van der Waals surface area contributed by atoms with E-state index < -0.39 is 5.56 Å². The number of hydrazone groups is 1. The lowest BCUT2D eigenvalue weighted by Gasteiger charge is -2.09. The zero-order valence-electron chi connectivity index (χ0n) is 17.7. The molecule has 9 nitrogen and oxygen atoms in total. The Morgan fingerprint density at radius 2 is 2.09 bits per heavy atom. The minimum Gasteiger partial charge on any atom is -0.492 e. The Bertz CT molecular complexity index is 1250. The van der Waals surface area contributed by atoms with Crippen molar-refractivity contribution in [1.82, 2.24) is 9.97 Å². The van der Waals surface area contributed by atoms with Gasteiger partial charge in [-0.05, 0) is 25.1 Å². The van der Waals surface area contributed by atoms with Crippen molar-refractivity contribution in [3.05, 3.63) is 74.5 Å². The number of nitrogens with zero attached hydrogens (tertiary/aromatic N) is 3. The van der Waals surface area contributed by atoms with Gasteiger partial charge in [-0.2, -0.15) is 10.4 Å². The number of carbonyl (C=O) groups excluding carboxylic acids is 1. The third-order valence-electron chi connectivity index (χ3n) is 4.29. The van der Waals surface area contributed by atoms with Crippen LogP contribution in [0.4, 0.5) is 5.95 Å². The molecule has 0 aliphatic heterocycles. The van der Waals surface area contributed by atoms with E-state index in [1.54, 1.807) is 49.4 Å². The Kier molecular flexibility index (Phi) is 8.32. The van der Waals surface area contributed by atoms with Gasteiger partial charge in [-0.1, -0.05) is 46.3 Å². The molecule has 0 atom stereocenters. The number of aromatic amines is 1. The topological polar surface area (TPSA) is 129 Å². The number of hydrogen-bond donors (Lipinski definition) is 2. The van der Waals surface area contributed by atoms with Crippen molar-refractivity contribution in [1.29, 1.82) is 5.26 Å². The zero-order chi connectivity index (χ0) is 23.6. The standard InChI is InChI=1S/C23H20BrN5O4/c1-2-32-20(30)10-11-33-19-9-8-17(24)12-16(19)14-26-29-23-27-21(15-6-4-3-5-7-15)18(13-25)22(31)28-23/h3-9,12,14H,2,10-11H2,1H3,(H2,27,28,29,31). The summed E-state index contributed by atoms with van der Waals surface area (Å²) in [5.74, 6) is 0.254. The molecule has 0 saturated heterocycles. The van der Waals surface area contributed by atoms with Gasteiger partial charge in [-0.25, -0.2) is 10.4 Å². The molecule has 2 aromatic carbocycles. The molecule has 33 heavy (non-hydrogen) atoms. The monoisotopic (exact) mass is 509 g/mol. The fourth-order valence-corrected chi connectivity index (χ4v) is 3.21. The smallest absolute Gasteiger partial charge is 0.309 e. The number of anilines is 1. The highest BCUT2D eigenvalue weighted by Crippen LogP contribution is 2.22. The lowest BCUT2D eigenvalue weighted by atomic mass is 10.1. The highest BCUT2D eigenvalue weighted by molar-refractivity contribution is 9.10. The second-order valence-electron chi connectivity index (χ2n) is 6.57. The summed E-state index contributed by atoms with van der Waals surface area (Å²) in [6.45, 7) is 2.21. The van der Waals surface area contributed by atoms with E-state index in [1.165, 1.54) is 6.21 Å². The fourth-order valence-electron chi connectivity index (χ4n) is 2.83. The quantitative estimate of drug-likeness (QED) is 0.254. The second-order valence-corrected chi connectivity index (χ2v) is 7.49. The molecule has 2 N–H and O–H groups in total. The molecular weight excluding hydrogens is 490 g/mol. The first kappa shape index (κ1) is 23.7. The summed E-state index contributed by atoms with van der Waals surface area (Å²) < 4.78 is 11.4. The third-order valence-corrected chi connectivity index (χ3v) is 4.79. The number of aromatic nitrogens is 2. The average molecular weight is 510 g/mol. The van der Waals surface area contributed by atoms with Gasteiger partial charge in [-0.15, -0.1) is 0 Å². The van der Waals surface area contributed by atoms with Gasteiger partial charge in [0.25, 0.3) is 5.56 Å². The average Bonchev–Trinajstić information content (AvgIpc) is 2.81. The molecule has 1 heterocycles. The predicted molar refractivity (Wildman–Crippen MR) is 127 cm³/mol. The number of ether oxygens (including phenoxy) is 2. The molecule has 3 aromatic rings. The summed E-state index contributed by atoms with van der Waals surface area (Å²) in [5.41, 5.74) is 3.54. The van der Waals surface area contributed by atoms with Crippen LogP contribution in [0.1, 0.15) is 24.5 Å². The molecule has 0 bridgehead atoms. The van der Waals surface area contributed by atoms with E-state index in [2.05, 4.69) is 36.4 Å². The van der Waals surface area contributed by atoms with Gasteiger partial charge >= 0.3 is 5.97 Å². The van der Waals surface area contributed by atoms with Crippen LogP contribution in [0.2, 0.25) is 0 Å². The third kappa shape index (κ3) is 6.51. The van der Waals surface area contributed by atoms with E-state index in [1.807, 2.05) is 12.1 Å². The number of nitriles is 1. The number of benzene rings is 2. The molecule has 0 saturated carbocycles. The lowest BCUT2D eigenvalue weighted by molar-refractivity contribution is -0.143. The van der Waals surface area contributed by atoms with E-state index >= 15 is 0 Å². The van der Waals surface area contributed by atoms with Crippen LogP contribution in [-0.4, -0.2) is 35.4 Å². The van der Waals surface area contributed by atoms with Crippen LogP contribution in [0.15, 0.2) is 62.9 Å². The molecule has 1 aromatic heterocycles. The molecule has 0 spiro atoms. The van der Waals surface area contributed by atoms with Crippen molar-refractivity contribution in [2.24, 2.45) is 5.10 Å². The van der Waals surface area contributed by atoms with Gasteiger partial charge in [0.05, 0.1) is 31.5 Å². The van der Waals surface area contributed by atoms with Crippen LogP contribution in [-0.2, 0) is 9.53 Å². The number of hydrogen-bond acceptors (Lipinski definition) is 8. The molecule has 0 aliphatic carbocycles. The van der Waals surface area contributed by atoms with Crippen LogP contribution in [0.25, 0.3) is 11.3 Å². The van der Waals surface area contributed by atoms with Gasteiger partial charge < -0.3 is 9.47 Å². The van der Waals surface area contributed by atoms with Crippen molar-refractivity contribution in [2.45, 2.75) is 13.3 Å². The Hall–Kier alpha value is -3.97. The van der Waals surface area contributed by atoms with Crippen LogP contribution in [0.3, 0.4) is 0 Å². The Morgan fingerprint density at radius 1 is 1.30 bits per heavy atom. The Morgan fingerprint density at radius 3 is 2.82 bits per heavy atom. The van der Waals surface area contributed by atoms with E-state index in [-0.39, 0.29) is 36.2 Å². The first-order valence-electron chi connectivity index (χ1n) is 9.98. The summed E-state index contributed by atoms with van der Waals surface area (Å²) in [6.07, 6.45) is 1.61. The molecule has 3 rings (SSSR count). The minimum absolute atomic E-state index is 0.0777. The first-order valence-corrected chi connectivity index (χ1v) is 10.8. The van der Waals surface area contributed by atoms with Crippen LogP contribution in [0, 0.1) is 11.3 Å². The molecule has 10 heteroatoms. The molecule has 0 radical (unpaired) electrons. The number of esters is 1. The summed E-state index contributed by atoms with van der Waals surface area (Å²) in [5, 5.41) is 13.5. The number of nitrogens with one attached hydrogen (secondary N) is 2. The summed E-state index contributed by atoms with van der Waals surface area (Å²) in [7, 11) is 0. The largest absolute Gasteiger partial charge is 0.492 e. The van der Waals surface area contributed by atoms with Gasteiger partial charge in [0, 0.05) is 15.6 Å². The number of H-pyrrole nitrogens is 1. The SMILES string of the molecule is CCOC(=O)CCOc1ccc(Br)cc1C=NNc1nc(-c2ccccc2)c(C#N)c(=O)[nH]1. The molecule has 168 valence electrons. The zero-order valence-corrected chi connectivity index (χ0v) is 19.3. The van der Waals surface area contributed by atoms with Crippen LogP contribution in [0.5, 0.6) is 5.75 Å². The Labute approximate surface area is 198 Å². The first-order chi connectivity index (χ1) is 16.0. The molecule has 0 amide bonds. The van der Waals surface area contributed by atoms with Gasteiger partial charge in [0.1, 0.15) is 17.4 Å². The van der Waals surface area contributed by atoms with E-state index in [9.17, 15) is 14.9 Å². The number of carbonyl (C=O) groups is 1. The van der Waals surface area contributed by atoms with Gasteiger partial charge in [0.2, 0.25) is 5.95 Å². The van der Waals surface area contributed by atoms with Crippen LogP contribution >= 0.6 is 15.9 Å². The predicted octanol–water partition coefficient (Wildman–Crippen LogP) is 3.85. The minimum atomic E-state index is -0.575. The number of halogens is 1. The summed E-state index contributed by atoms with van der Waals surface area (Å²) >= 11 is 3.40. The number of rotatable bonds is 9. The van der Waals surface area contributed by atoms with Crippen LogP contribution < -0.4 is 15.7 Å². The van der Waals surface area contributed by atoms with Gasteiger partial charge in [-0.3, -0.25) is 14.6 Å². The molecule has 0 unspecified atom stereocenters. The molecule has 0 fully saturated rings. The maximum Gasteiger partial charge on any atom is 0.309 e. The van der Waals surface area contributed by atoms with Crippen molar-refractivity contribution in [3.63, 3.8) is 0 Å². The lowest BCUT2D eigenvalue weighted by Crippen LogP contribution is -2.16. The van der Waals surface area contributed by atoms with E-state index in [4.69, 9.17) is 9.47 Å². The van der Waals surface area contributed by atoms with Crippen molar-refractivity contribution >= 4 is 34.1 Å². The molecule has 0 aliphatic rings. The highest BCUT2D eigenvalue weighted by Gasteiger charge is 2.13. The fraction of sp³-hybridized carbons (Fsp3) is 0.174. The van der Waals surface area contributed by atoms with E-state index in [0.717, 1.165) is 4.47 Å². The summed E-state index contributed by atoms with van der Waals surface area (Å²) in [6, 6.07) is 16.2. The maximum atomic E-state index is 12.3. The van der Waals surface area contributed by atoms with Crippen molar-refractivity contribution in [2.75, 3.05) is 18.6 Å². The summed E-state index contributed by atoms with van der Waals surface area (Å²) in [4.78, 5) is 30.7. The maximum absolute atomic E-state index is 12.3. The van der Waals surface area contributed by atoms with Crippen molar-refractivity contribution < 1.29 is 14.3 Å². The van der Waals surface area contributed by atoms with E-state index in [0.29, 0.717) is 23.5 Å². The van der Waals surface area contributed by atoms with Crippen molar-refractivity contribution in [3.8, 4) is 23.1 Å².